The molecule has 1 aromatic carbocycles. The summed E-state index contributed by atoms with van der Waals surface area (Å²) in [6.45, 7) is 1.29. The first-order chi connectivity index (χ1) is 20.5. The summed E-state index contributed by atoms with van der Waals surface area (Å²) in [6, 6.07) is 1.69. The number of rotatable bonds is 8. The summed E-state index contributed by atoms with van der Waals surface area (Å²) < 4.78 is 55.8. The predicted molar refractivity (Wildman–Crippen MR) is 144 cm³/mol. The maximum absolute atomic E-state index is 14.4. The van der Waals surface area contributed by atoms with Gasteiger partial charge in [-0.15, -0.1) is 5.10 Å². The van der Waals surface area contributed by atoms with E-state index >= 15 is 0 Å². The number of carbonyl (C=O) groups is 1. The standard InChI is InChI=1S/C28H35F3N6O6/c1-14-8-16(35(2)33-14)11-36(20-6-4-5-7-21(20)39)28(41)27-26(42-3)24(25(40)22(13-38)43-27)37-12-19(32-34-37)15-9-17(29)23(31)18(30)10-15/h8-10,12,20-22,24-27,38-40H,4-7,11,13H2,1-3H3/t20-,21-,22+,24-,25-,26+,27+/m0/s1. The molecule has 43 heavy (non-hydrogen) atoms. The van der Waals surface area contributed by atoms with Gasteiger partial charge < -0.3 is 29.7 Å². The van der Waals surface area contributed by atoms with E-state index in [4.69, 9.17) is 9.47 Å². The van der Waals surface area contributed by atoms with E-state index < -0.39 is 72.6 Å². The molecule has 12 nitrogen and oxygen atoms in total. The van der Waals surface area contributed by atoms with E-state index in [9.17, 15) is 33.3 Å². The van der Waals surface area contributed by atoms with Crippen molar-refractivity contribution < 1.29 is 42.8 Å². The number of aromatic nitrogens is 5. The normalized spacial score (nSPS) is 27.8. The summed E-state index contributed by atoms with van der Waals surface area (Å²) in [7, 11) is 3.08. The molecule has 1 amide bonds. The highest BCUT2D eigenvalue weighted by atomic mass is 19.2. The summed E-state index contributed by atoms with van der Waals surface area (Å²) in [5.41, 5.74) is 1.34. The van der Waals surface area contributed by atoms with Crippen LogP contribution in [0.2, 0.25) is 0 Å². The number of aryl methyl sites for hydroxylation is 2. The summed E-state index contributed by atoms with van der Waals surface area (Å²) in [5.74, 6) is -4.98. The van der Waals surface area contributed by atoms with Crippen molar-refractivity contribution in [2.75, 3.05) is 13.7 Å². The van der Waals surface area contributed by atoms with Crippen LogP contribution in [0.4, 0.5) is 13.2 Å². The monoisotopic (exact) mass is 608 g/mol. The van der Waals surface area contributed by atoms with Gasteiger partial charge in [0.1, 0.15) is 30.0 Å². The number of aliphatic hydroxyl groups excluding tert-OH is 3. The molecule has 5 rings (SSSR count). The summed E-state index contributed by atoms with van der Waals surface area (Å²) >= 11 is 0. The number of nitrogens with zero attached hydrogens (tertiary/aromatic N) is 6. The fourth-order valence-electron chi connectivity index (χ4n) is 6.08. The Labute approximate surface area is 245 Å². The van der Waals surface area contributed by atoms with E-state index in [0.29, 0.717) is 12.8 Å². The van der Waals surface area contributed by atoms with Crippen molar-refractivity contribution in [3.63, 3.8) is 0 Å². The second kappa shape index (κ2) is 12.7. The Balaban J connectivity index is 1.50. The first kappa shape index (κ1) is 31.1. The van der Waals surface area contributed by atoms with Gasteiger partial charge in [-0.2, -0.15) is 5.10 Å². The Bertz CT molecular complexity index is 1430. The van der Waals surface area contributed by atoms with E-state index in [1.54, 1.807) is 11.7 Å². The van der Waals surface area contributed by atoms with Gasteiger partial charge in [-0.1, -0.05) is 18.1 Å². The number of hydrogen-bond donors (Lipinski definition) is 3. The van der Waals surface area contributed by atoms with Crippen molar-refractivity contribution in [1.82, 2.24) is 29.7 Å². The van der Waals surface area contributed by atoms with Crippen molar-refractivity contribution in [1.29, 1.82) is 0 Å². The third-order valence-electron chi connectivity index (χ3n) is 8.29. The lowest BCUT2D eigenvalue weighted by molar-refractivity contribution is -0.219. The zero-order valence-corrected chi connectivity index (χ0v) is 24.0. The van der Waals surface area contributed by atoms with Crippen LogP contribution >= 0.6 is 0 Å². The van der Waals surface area contributed by atoms with Crippen molar-refractivity contribution in [3.8, 4) is 11.3 Å². The van der Waals surface area contributed by atoms with Gasteiger partial charge in [0, 0.05) is 19.7 Å². The minimum Gasteiger partial charge on any atom is -0.394 e. The lowest BCUT2D eigenvalue weighted by Crippen LogP contribution is -2.62. The number of hydrogen-bond acceptors (Lipinski definition) is 9. The molecule has 1 saturated carbocycles. The minimum absolute atomic E-state index is 0.0340. The molecule has 3 aromatic rings. The van der Waals surface area contributed by atoms with Crippen molar-refractivity contribution in [3.05, 3.63) is 53.2 Å². The highest BCUT2D eigenvalue weighted by Crippen LogP contribution is 2.35. The SMILES string of the molecule is CO[C@@H]1[C@@H](n2cc(-c3cc(F)c(F)c(F)c3)nn2)[C@@H](O)[C@@H](CO)O[C@H]1C(=O)N(Cc1cc(C)nn1C)[C@H]1CCCC[C@@H]1O. The molecule has 1 aliphatic heterocycles. The molecule has 234 valence electrons. The molecule has 0 spiro atoms. The zero-order chi connectivity index (χ0) is 31.0. The molecule has 0 radical (unpaired) electrons. The molecule has 7 atom stereocenters. The lowest BCUT2D eigenvalue weighted by Gasteiger charge is -2.46. The van der Waals surface area contributed by atoms with Crippen LogP contribution in [0.3, 0.4) is 0 Å². The number of amides is 1. The fraction of sp³-hybridized carbons (Fsp3) is 0.571. The Kier molecular flexibility index (Phi) is 9.18. The van der Waals surface area contributed by atoms with Gasteiger partial charge in [-0.25, -0.2) is 17.9 Å². The second-order valence-electron chi connectivity index (χ2n) is 11.1. The third-order valence-corrected chi connectivity index (χ3v) is 8.29. The molecule has 2 aliphatic rings. The van der Waals surface area contributed by atoms with Gasteiger partial charge in [0.25, 0.3) is 5.91 Å². The van der Waals surface area contributed by atoms with Crippen molar-refractivity contribution >= 4 is 5.91 Å². The van der Waals surface area contributed by atoms with Crippen molar-refractivity contribution in [2.24, 2.45) is 7.05 Å². The number of benzene rings is 1. The van der Waals surface area contributed by atoms with Gasteiger partial charge in [-0.3, -0.25) is 9.48 Å². The van der Waals surface area contributed by atoms with Crippen LogP contribution in [0.25, 0.3) is 11.3 Å². The van der Waals surface area contributed by atoms with Gasteiger partial charge in [0.2, 0.25) is 0 Å². The van der Waals surface area contributed by atoms with Gasteiger partial charge in [0.05, 0.1) is 42.9 Å². The average Bonchev–Trinajstić information content (AvgIpc) is 3.59. The molecule has 0 bridgehead atoms. The predicted octanol–water partition coefficient (Wildman–Crippen LogP) is 1.41. The Morgan fingerprint density at radius 1 is 1.16 bits per heavy atom. The Morgan fingerprint density at radius 3 is 2.47 bits per heavy atom. The maximum atomic E-state index is 14.4. The highest BCUT2D eigenvalue weighted by Gasteiger charge is 2.51. The molecule has 1 aliphatic carbocycles. The summed E-state index contributed by atoms with van der Waals surface area (Å²) in [5, 5.41) is 44.5. The van der Waals surface area contributed by atoms with Crippen LogP contribution in [0.15, 0.2) is 24.4 Å². The van der Waals surface area contributed by atoms with E-state index in [0.717, 1.165) is 36.4 Å². The topological polar surface area (TPSA) is 148 Å². The minimum atomic E-state index is -1.63. The van der Waals surface area contributed by atoms with Crippen LogP contribution in [-0.2, 0) is 27.9 Å². The number of ether oxygens (including phenoxy) is 2. The summed E-state index contributed by atoms with van der Waals surface area (Å²) in [6.07, 6.45) is -2.00. The Morgan fingerprint density at radius 2 is 1.86 bits per heavy atom. The Hall–Kier alpha value is -3.37. The first-order valence-electron chi connectivity index (χ1n) is 14.1. The second-order valence-corrected chi connectivity index (χ2v) is 11.1. The quantitative estimate of drug-likeness (QED) is 0.323. The van der Waals surface area contributed by atoms with Crippen LogP contribution in [0.5, 0.6) is 0 Å². The smallest absolute Gasteiger partial charge is 0.255 e. The zero-order valence-electron chi connectivity index (χ0n) is 24.0. The maximum Gasteiger partial charge on any atom is 0.255 e. The summed E-state index contributed by atoms with van der Waals surface area (Å²) in [4.78, 5) is 15.9. The van der Waals surface area contributed by atoms with E-state index in [1.165, 1.54) is 22.9 Å². The van der Waals surface area contributed by atoms with E-state index in [1.807, 2.05) is 13.0 Å². The van der Waals surface area contributed by atoms with E-state index in [2.05, 4.69) is 15.4 Å². The van der Waals surface area contributed by atoms with Crippen molar-refractivity contribution in [2.45, 2.75) is 81.8 Å². The van der Waals surface area contributed by atoms with Gasteiger partial charge in [-0.05, 0) is 38.0 Å². The molecule has 2 aromatic heterocycles. The largest absolute Gasteiger partial charge is 0.394 e. The lowest BCUT2D eigenvalue weighted by atomic mass is 9.88. The van der Waals surface area contributed by atoms with Gasteiger partial charge in [0.15, 0.2) is 23.6 Å². The first-order valence-corrected chi connectivity index (χ1v) is 14.1. The van der Waals surface area contributed by atoms with E-state index in [-0.39, 0.29) is 17.8 Å². The van der Waals surface area contributed by atoms with Crippen LogP contribution in [0, 0.1) is 24.4 Å². The number of halogens is 3. The number of methoxy groups -OCH3 is 1. The average molecular weight is 609 g/mol. The molecule has 3 N–H and O–H groups in total. The molecule has 2 fully saturated rings. The number of carbonyl (C=O) groups excluding carboxylic acids is 1. The van der Waals surface area contributed by atoms with Crippen LogP contribution in [0.1, 0.15) is 43.1 Å². The molecule has 3 heterocycles. The molecular formula is C28H35F3N6O6. The molecule has 0 unspecified atom stereocenters. The number of aliphatic hydroxyl groups is 3. The van der Waals surface area contributed by atoms with Gasteiger partial charge >= 0.3 is 0 Å². The van der Waals surface area contributed by atoms with Crippen LogP contribution < -0.4 is 0 Å². The molecule has 1 saturated heterocycles. The fourth-order valence-corrected chi connectivity index (χ4v) is 6.08. The highest BCUT2D eigenvalue weighted by molar-refractivity contribution is 5.82. The third kappa shape index (κ3) is 6.04. The molecular weight excluding hydrogens is 573 g/mol. The van der Waals surface area contributed by atoms with Crippen LogP contribution in [-0.4, -0.2) is 101 Å². The molecule has 15 heteroatoms.